The number of nitrogens with one attached hydrogen (secondary N) is 2. The zero-order valence-electron chi connectivity index (χ0n) is 16.6. The molecule has 1 aromatic heterocycles. The van der Waals surface area contributed by atoms with Gasteiger partial charge in [0, 0.05) is 25.1 Å². The molecule has 1 fully saturated rings. The number of amides is 3. The molecule has 2 heterocycles. The standard InChI is InChI=1S/C22H25N3O4/c1-15-14-19(16(2)29-15)22(28)24-23-21(27)18-10-12-25(13-11-18)20(26)9-8-17-6-4-3-5-7-17/h3-9,14,18H,10-13H2,1-2H3,(H,23,27)(H,24,28)/b9-8+. The number of rotatable bonds is 4. The number of likely N-dealkylation sites (tertiary alicyclic amines) is 1. The van der Waals surface area contributed by atoms with Crippen molar-refractivity contribution in [2.24, 2.45) is 5.92 Å². The van der Waals surface area contributed by atoms with Gasteiger partial charge >= 0.3 is 0 Å². The average Bonchev–Trinajstić information content (AvgIpc) is 3.09. The molecular formula is C22H25N3O4. The molecule has 7 heteroatoms. The van der Waals surface area contributed by atoms with Gasteiger partial charge in [0.05, 0.1) is 5.56 Å². The Morgan fingerprint density at radius 1 is 1.07 bits per heavy atom. The van der Waals surface area contributed by atoms with E-state index in [0.29, 0.717) is 43.0 Å². The molecule has 0 radical (unpaired) electrons. The highest BCUT2D eigenvalue weighted by Crippen LogP contribution is 2.18. The Kier molecular flexibility index (Phi) is 6.49. The summed E-state index contributed by atoms with van der Waals surface area (Å²) in [7, 11) is 0. The van der Waals surface area contributed by atoms with Crippen LogP contribution in [0.1, 0.15) is 40.3 Å². The van der Waals surface area contributed by atoms with E-state index < -0.39 is 5.91 Å². The number of piperidine rings is 1. The lowest BCUT2D eigenvalue weighted by Crippen LogP contribution is -2.48. The predicted octanol–water partition coefficient (Wildman–Crippen LogP) is 2.61. The Bertz CT molecular complexity index is 909. The van der Waals surface area contributed by atoms with Gasteiger partial charge in [0.2, 0.25) is 11.8 Å². The number of nitrogens with zero attached hydrogens (tertiary/aromatic N) is 1. The van der Waals surface area contributed by atoms with Gasteiger partial charge in [0.25, 0.3) is 5.91 Å². The van der Waals surface area contributed by atoms with Crippen molar-refractivity contribution in [1.82, 2.24) is 15.8 Å². The molecule has 152 valence electrons. The SMILES string of the molecule is Cc1cc(C(=O)NNC(=O)C2CCN(C(=O)/C=C/c3ccccc3)CC2)c(C)o1. The lowest BCUT2D eigenvalue weighted by atomic mass is 9.96. The normalized spacial score (nSPS) is 14.8. The van der Waals surface area contributed by atoms with Crippen LogP contribution in [0.5, 0.6) is 0 Å². The first-order chi connectivity index (χ1) is 13.9. The third-order valence-corrected chi connectivity index (χ3v) is 4.98. The van der Waals surface area contributed by atoms with Crippen molar-refractivity contribution in [3.05, 3.63) is 65.1 Å². The fourth-order valence-electron chi connectivity index (χ4n) is 3.34. The number of carbonyl (C=O) groups excluding carboxylic acids is 3. The summed E-state index contributed by atoms with van der Waals surface area (Å²) in [5.74, 6) is 0.174. The van der Waals surface area contributed by atoms with Crippen molar-refractivity contribution in [2.75, 3.05) is 13.1 Å². The molecule has 7 nitrogen and oxygen atoms in total. The summed E-state index contributed by atoms with van der Waals surface area (Å²) in [4.78, 5) is 38.6. The maximum absolute atomic E-state index is 12.3. The molecule has 1 aliphatic heterocycles. The molecule has 1 saturated heterocycles. The van der Waals surface area contributed by atoms with Crippen LogP contribution in [-0.2, 0) is 9.59 Å². The van der Waals surface area contributed by atoms with Crippen molar-refractivity contribution in [2.45, 2.75) is 26.7 Å². The molecule has 2 aromatic rings. The second-order valence-corrected chi connectivity index (χ2v) is 7.11. The first-order valence-electron chi connectivity index (χ1n) is 9.63. The smallest absolute Gasteiger partial charge is 0.273 e. The number of benzene rings is 1. The zero-order valence-corrected chi connectivity index (χ0v) is 16.6. The zero-order chi connectivity index (χ0) is 20.8. The van der Waals surface area contributed by atoms with Gasteiger partial charge in [-0.3, -0.25) is 25.2 Å². The lowest BCUT2D eigenvalue weighted by molar-refractivity contribution is -0.132. The van der Waals surface area contributed by atoms with Crippen LogP contribution in [-0.4, -0.2) is 35.7 Å². The van der Waals surface area contributed by atoms with Gasteiger partial charge in [0.15, 0.2) is 0 Å². The van der Waals surface area contributed by atoms with Gasteiger partial charge in [-0.25, -0.2) is 0 Å². The Morgan fingerprint density at radius 3 is 2.38 bits per heavy atom. The molecule has 1 aromatic carbocycles. The van der Waals surface area contributed by atoms with Crippen molar-refractivity contribution in [1.29, 1.82) is 0 Å². The number of hydrogen-bond acceptors (Lipinski definition) is 4. The topological polar surface area (TPSA) is 91.7 Å². The van der Waals surface area contributed by atoms with Crippen LogP contribution < -0.4 is 10.9 Å². The van der Waals surface area contributed by atoms with Crippen molar-refractivity contribution < 1.29 is 18.8 Å². The fourth-order valence-corrected chi connectivity index (χ4v) is 3.34. The van der Waals surface area contributed by atoms with E-state index in [9.17, 15) is 14.4 Å². The van der Waals surface area contributed by atoms with E-state index >= 15 is 0 Å². The first-order valence-corrected chi connectivity index (χ1v) is 9.63. The first kappa shape index (κ1) is 20.4. The highest BCUT2D eigenvalue weighted by Gasteiger charge is 2.27. The molecular weight excluding hydrogens is 370 g/mol. The van der Waals surface area contributed by atoms with Crippen LogP contribution in [0.2, 0.25) is 0 Å². The number of hydrazine groups is 1. The Hall–Kier alpha value is -3.35. The van der Waals surface area contributed by atoms with Gasteiger partial charge in [-0.15, -0.1) is 0 Å². The minimum Gasteiger partial charge on any atom is -0.466 e. The molecule has 29 heavy (non-hydrogen) atoms. The predicted molar refractivity (Wildman–Crippen MR) is 109 cm³/mol. The monoisotopic (exact) mass is 395 g/mol. The van der Waals surface area contributed by atoms with Crippen LogP contribution in [0.3, 0.4) is 0 Å². The quantitative estimate of drug-likeness (QED) is 0.615. The maximum atomic E-state index is 12.3. The maximum Gasteiger partial charge on any atom is 0.273 e. The van der Waals surface area contributed by atoms with E-state index in [1.165, 1.54) is 0 Å². The lowest BCUT2D eigenvalue weighted by Gasteiger charge is -2.30. The van der Waals surface area contributed by atoms with Gasteiger partial charge in [0.1, 0.15) is 11.5 Å². The number of aryl methyl sites for hydroxylation is 2. The molecule has 3 rings (SSSR count). The van der Waals surface area contributed by atoms with E-state index in [2.05, 4.69) is 10.9 Å². The molecule has 3 amide bonds. The minimum atomic E-state index is -0.411. The van der Waals surface area contributed by atoms with E-state index in [4.69, 9.17) is 4.42 Å². The Labute approximate surface area is 169 Å². The number of carbonyl (C=O) groups is 3. The fraction of sp³-hybridized carbons (Fsp3) is 0.318. The summed E-state index contributed by atoms with van der Waals surface area (Å²) in [5.41, 5.74) is 6.28. The molecule has 1 aliphatic rings. The molecule has 0 spiro atoms. The van der Waals surface area contributed by atoms with Crippen LogP contribution >= 0.6 is 0 Å². The largest absolute Gasteiger partial charge is 0.466 e. The molecule has 0 aliphatic carbocycles. The molecule has 0 unspecified atom stereocenters. The highest BCUT2D eigenvalue weighted by molar-refractivity contribution is 5.96. The Balaban J connectivity index is 1.44. The summed E-state index contributed by atoms with van der Waals surface area (Å²) in [6.07, 6.45) is 4.45. The summed E-state index contributed by atoms with van der Waals surface area (Å²) in [6, 6.07) is 11.3. The van der Waals surface area contributed by atoms with Gasteiger partial charge in [-0.2, -0.15) is 0 Å². The third-order valence-electron chi connectivity index (χ3n) is 4.98. The van der Waals surface area contributed by atoms with Crippen LogP contribution in [0, 0.1) is 19.8 Å². The van der Waals surface area contributed by atoms with E-state index in [1.807, 2.05) is 30.3 Å². The molecule has 0 saturated carbocycles. The second kappa shape index (κ2) is 9.23. The summed E-state index contributed by atoms with van der Waals surface area (Å²) in [5, 5.41) is 0. The average molecular weight is 395 g/mol. The Morgan fingerprint density at radius 2 is 1.76 bits per heavy atom. The van der Waals surface area contributed by atoms with E-state index in [-0.39, 0.29) is 17.7 Å². The van der Waals surface area contributed by atoms with Gasteiger partial charge in [-0.05, 0) is 44.4 Å². The number of hydrogen-bond donors (Lipinski definition) is 2. The van der Waals surface area contributed by atoms with Crippen LogP contribution in [0.25, 0.3) is 6.08 Å². The summed E-state index contributed by atoms with van der Waals surface area (Å²) >= 11 is 0. The molecule has 0 bridgehead atoms. The molecule has 0 atom stereocenters. The van der Waals surface area contributed by atoms with Crippen LogP contribution in [0.4, 0.5) is 0 Å². The van der Waals surface area contributed by atoms with Gasteiger partial charge < -0.3 is 9.32 Å². The van der Waals surface area contributed by atoms with Gasteiger partial charge in [-0.1, -0.05) is 30.3 Å². The van der Waals surface area contributed by atoms with E-state index in [0.717, 1.165) is 5.56 Å². The minimum absolute atomic E-state index is 0.0631. The highest BCUT2D eigenvalue weighted by atomic mass is 16.3. The second-order valence-electron chi connectivity index (χ2n) is 7.11. The van der Waals surface area contributed by atoms with E-state index in [1.54, 1.807) is 37.0 Å². The van der Waals surface area contributed by atoms with Crippen LogP contribution in [0.15, 0.2) is 46.9 Å². The number of furan rings is 1. The van der Waals surface area contributed by atoms with Crippen molar-refractivity contribution >= 4 is 23.8 Å². The molecule has 2 N–H and O–H groups in total. The van der Waals surface area contributed by atoms with Crippen molar-refractivity contribution in [3.8, 4) is 0 Å². The third kappa shape index (κ3) is 5.34. The summed E-state index contributed by atoms with van der Waals surface area (Å²) in [6.45, 7) is 4.46. The summed E-state index contributed by atoms with van der Waals surface area (Å²) < 4.78 is 5.32. The van der Waals surface area contributed by atoms with Crippen molar-refractivity contribution in [3.63, 3.8) is 0 Å².